The molecular weight excluding hydrogens is 221 g/mol. The van der Waals surface area contributed by atoms with Gasteiger partial charge in [0.2, 0.25) is 0 Å². The van der Waals surface area contributed by atoms with Crippen molar-refractivity contribution < 1.29 is 19.5 Å². The van der Waals surface area contributed by atoms with Gasteiger partial charge >= 0.3 is 0 Å². The summed E-state index contributed by atoms with van der Waals surface area (Å²) in [6, 6.07) is 0. The van der Waals surface area contributed by atoms with Crippen molar-refractivity contribution in [1.82, 2.24) is 0 Å². The zero-order valence-electron chi connectivity index (χ0n) is 2.47. The van der Waals surface area contributed by atoms with E-state index in [0.29, 0.717) is 0 Å². The second-order valence-electron chi connectivity index (χ2n) is 0. The quantitative estimate of drug-likeness (QED) is 0.453. The normalized spacial score (nSPS) is 0. The van der Waals surface area contributed by atoms with Crippen LogP contribution >= 0.6 is 0 Å². The minimum atomic E-state index is 0. The first kappa shape index (κ1) is 23.8. The first-order valence-electron chi connectivity index (χ1n) is 0. The molecule has 0 aromatic carbocycles. The smallest absolute Gasteiger partial charge is 0 e. The molecule has 0 saturated heterocycles. The van der Waals surface area contributed by atoms with Crippen molar-refractivity contribution >= 4 is 113 Å². The van der Waals surface area contributed by atoms with Crippen LogP contribution in [0.2, 0.25) is 0 Å². The summed E-state index contributed by atoms with van der Waals surface area (Å²) in [5.74, 6) is 0. The maximum atomic E-state index is 0. The molecule has 0 amide bonds. The van der Waals surface area contributed by atoms with Crippen molar-refractivity contribution in [2.45, 2.75) is 0 Å². The Labute approximate surface area is 129 Å². The van der Waals surface area contributed by atoms with E-state index >= 15 is 0 Å². The predicted octanol–water partition coefficient (Wildman–Crippen LogP) is -1.14. The molecular formula is Ca3Ru. The molecule has 0 aliphatic heterocycles. The molecule has 4 heteroatoms. The molecule has 0 rings (SSSR count). The summed E-state index contributed by atoms with van der Waals surface area (Å²) in [7, 11) is 0. The Morgan fingerprint density at radius 1 is 0.500 bits per heavy atom. The molecule has 6 radical (unpaired) electrons. The zero-order chi connectivity index (χ0) is 0. The molecule has 0 bridgehead atoms. The summed E-state index contributed by atoms with van der Waals surface area (Å²) in [6.07, 6.45) is 0. The van der Waals surface area contributed by atoms with E-state index in [0.717, 1.165) is 0 Å². The van der Waals surface area contributed by atoms with Gasteiger partial charge in [-0.3, -0.25) is 0 Å². The molecule has 0 spiro atoms. The Hall–Kier alpha value is 4.40. The molecule has 0 aromatic heterocycles. The van der Waals surface area contributed by atoms with Crippen LogP contribution in [0.5, 0.6) is 0 Å². The van der Waals surface area contributed by atoms with Gasteiger partial charge in [0.05, 0.1) is 0 Å². The van der Waals surface area contributed by atoms with Crippen molar-refractivity contribution in [3.63, 3.8) is 0 Å². The van der Waals surface area contributed by atoms with Gasteiger partial charge in [-0.05, 0) is 0 Å². The van der Waals surface area contributed by atoms with E-state index in [9.17, 15) is 0 Å². The standard InChI is InChI=1S/3Ca.Ru. The van der Waals surface area contributed by atoms with Gasteiger partial charge < -0.3 is 0 Å². The number of hydrogen-bond donors (Lipinski definition) is 0. The van der Waals surface area contributed by atoms with E-state index in [1.807, 2.05) is 0 Å². The van der Waals surface area contributed by atoms with Crippen LogP contribution in [-0.4, -0.2) is 113 Å². The number of rotatable bonds is 0. The van der Waals surface area contributed by atoms with Gasteiger partial charge in [0.25, 0.3) is 0 Å². The van der Waals surface area contributed by atoms with Crippen molar-refractivity contribution in [1.29, 1.82) is 0 Å². The summed E-state index contributed by atoms with van der Waals surface area (Å²) in [5.41, 5.74) is 0. The van der Waals surface area contributed by atoms with E-state index in [-0.39, 0.29) is 133 Å². The third-order valence-electron chi connectivity index (χ3n) is 0. The third-order valence-corrected chi connectivity index (χ3v) is 0. The molecule has 0 fully saturated rings. The zero-order valence-corrected chi connectivity index (χ0v) is 10.8. The van der Waals surface area contributed by atoms with E-state index in [1.165, 1.54) is 0 Å². The van der Waals surface area contributed by atoms with Gasteiger partial charge in [0, 0.05) is 133 Å². The van der Waals surface area contributed by atoms with E-state index in [1.54, 1.807) is 0 Å². The van der Waals surface area contributed by atoms with Crippen LogP contribution in [0.25, 0.3) is 0 Å². The Morgan fingerprint density at radius 2 is 0.500 bits per heavy atom. The maximum Gasteiger partial charge on any atom is 0 e. The first-order chi connectivity index (χ1) is 0. The summed E-state index contributed by atoms with van der Waals surface area (Å²) >= 11 is 0. The van der Waals surface area contributed by atoms with Crippen molar-refractivity contribution in [3.05, 3.63) is 0 Å². The van der Waals surface area contributed by atoms with Crippen molar-refractivity contribution in [2.24, 2.45) is 0 Å². The van der Waals surface area contributed by atoms with Crippen LogP contribution in [-0.2, 0) is 19.5 Å². The second-order valence-corrected chi connectivity index (χ2v) is 0. The van der Waals surface area contributed by atoms with E-state index in [2.05, 4.69) is 0 Å². The SMILES string of the molecule is [Ca].[Ca].[Ca].[Ru]. The molecule has 0 atom stereocenters. The molecule has 0 heterocycles. The van der Waals surface area contributed by atoms with Gasteiger partial charge in [-0.2, -0.15) is 0 Å². The molecule has 0 aromatic rings. The molecule has 0 saturated carbocycles. The summed E-state index contributed by atoms with van der Waals surface area (Å²) in [5, 5.41) is 0. The Morgan fingerprint density at radius 3 is 0.500 bits per heavy atom. The van der Waals surface area contributed by atoms with Crippen molar-refractivity contribution in [2.75, 3.05) is 0 Å². The van der Waals surface area contributed by atoms with Crippen molar-refractivity contribution in [3.8, 4) is 0 Å². The molecule has 0 N–H and O–H groups in total. The van der Waals surface area contributed by atoms with E-state index in [4.69, 9.17) is 0 Å². The second kappa shape index (κ2) is 15.7. The minimum absolute atomic E-state index is 0. The average molecular weight is 221 g/mol. The molecule has 0 aliphatic rings. The van der Waals surface area contributed by atoms with Crippen LogP contribution in [0.1, 0.15) is 0 Å². The largest absolute Gasteiger partial charge is 0 e. The molecule has 4 heavy (non-hydrogen) atoms. The van der Waals surface area contributed by atoms with Crippen LogP contribution in [0, 0.1) is 0 Å². The van der Waals surface area contributed by atoms with E-state index < -0.39 is 0 Å². The third kappa shape index (κ3) is 9.64. The Balaban J connectivity index is 0. The fourth-order valence-corrected chi connectivity index (χ4v) is 0. The topological polar surface area (TPSA) is 0 Å². The van der Waals surface area contributed by atoms with Gasteiger partial charge in [-0.1, -0.05) is 0 Å². The van der Waals surface area contributed by atoms with Gasteiger partial charge in [0.1, 0.15) is 0 Å². The minimum Gasteiger partial charge on any atom is 0 e. The molecule has 0 unspecified atom stereocenters. The molecule has 14 valence electrons. The molecule has 0 nitrogen and oxygen atoms in total. The fourth-order valence-electron chi connectivity index (χ4n) is 0. The van der Waals surface area contributed by atoms with Gasteiger partial charge in [-0.25, -0.2) is 0 Å². The summed E-state index contributed by atoms with van der Waals surface area (Å²) in [4.78, 5) is 0. The van der Waals surface area contributed by atoms with Gasteiger partial charge in [0.15, 0.2) is 0 Å². The maximum absolute atomic E-state index is 0. The Bertz CT molecular complexity index is 3.25. The van der Waals surface area contributed by atoms with Crippen LogP contribution in [0.4, 0.5) is 0 Å². The Kier molecular flexibility index (Phi) is 93.0. The van der Waals surface area contributed by atoms with Crippen LogP contribution in [0.15, 0.2) is 0 Å². The summed E-state index contributed by atoms with van der Waals surface area (Å²) < 4.78 is 0. The number of hydrogen-bond acceptors (Lipinski definition) is 0. The van der Waals surface area contributed by atoms with Gasteiger partial charge in [-0.15, -0.1) is 0 Å². The van der Waals surface area contributed by atoms with Crippen LogP contribution in [0.3, 0.4) is 0 Å². The molecule has 0 aliphatic carbocycles. The average Bonchev–Trinajstić information content (AvgIpc) is 0. The first-order valence-corrected chi connectivity index (χ1v) is 0. The monoisotopic (exact) mass is 222 g/mol. The fraction of sp³-hybridized carbons (Fsp3) is 0. The van der Waals surface area contributed by atoms with Crippen LogP contribution < -0.4 is 0 Å². The predicted molar refractivity (Wildman–Crippen MR) is 17.3 cm³/mol. The summed E-state index contributed by atoms with van der Waals surface area (Å²) in [6.45, 7) is 0.